The summed E-state index contributed by atoms with van der Waals surface area (Å²) in [6.45, 7) is 3.71. The van der Waals surface area contributed by atoms with Crippen molar-refractivity contribution in [2.45, 2.75) is 20.0 Å². The van der Waals surface area contributed by atoms with Crippen molar-refractivity contribution in [3.63, 3.8) is 0 Å². The first-order valence-corrected chi connectivity index (χ1v) is 9.13. The zero-order valence-electron chi connectivity index (χ0n) is 14.6. The van der Waals surface area contributed by atoms with Gasteiger partial charge in [0.25, 0.3) is 5.91 Å². The first-order chi connectivity index (χ1) is 12.5. The van der Waals surface area contributed by atoms with Crippen molar-refractivity contribution in [1.82, 2.24) is 0 Å². The number of carbonyl (C=O) groups excluding carboxylic acids is 2. The summed E-state index contributed by atoms with van der Waals surface area (Å²) in [5, 5.41) is 4.69. The molecule has 5 heteroatoms. The molecule has 1 heterocycles. The van der Waals surface area contributed by atoms with Gasteiger partial charge in [0.1, 0.15) is 5.75 Å². The van der Waals surface area contributed by atoms with Crippen LogP contribution in [0.5, 0.6) is 5.75 Å². The normalized spacial score (nSPS) is 11.6. The molecule has 1 unspecified atom stereocenters. The fourth-order valence-corrected chi connectivity index (χ4v) is 3.05. The second-order valence-electron chi connectivity index (χ2n) is 5.95. The number of hydrogen-bond acceptors (Lipinski definition) is 4. The van der Waals surface area contributed by atoms with Crippen molar-refractivity contribution in [1.29, 1.82) is 0 Å². The van der Waals surface area contributed by atoms with Crippen LogP contribution in [0.4, 0.5) is 5.69 Å². The van der Waals surface area contributed by atoms with Gasteiger partial charge in [0.15, 0.2) is 6.10 Å². The molecule has 0 aliphatic rings. The largest absolute Gasteiger partial charge is 0.483 e. The molecule has 2 aromatic carbocycles. The van der Waals surface area contributed by atoms with Gasteiger partial charge in [-0.05, 0) is 49.6 Å². The molecule has 0 saturated carbocycles. The van der Waals surface area contributed by atoms with Crippen molar-refractivity contribution in [2.75, 3.05) is 5.32 Å². The number of Topliss-reactive ketones (excluding diaryl/α,β-unsaturated/α-hetero) is 1. The molecule has 0 aliphatic heterocycles. The van der Waals surface area contributed by atoms with E-state index in [1.54, 1.807) is 49.4 Å². The lowest BCUT2D eigenvalue weighted by molar-refractivity contribution is 0.0818. The summed E-state index contributed by atoms with van der Waals surface area (Å²) in [5.41, 5.74) is 2.41. The van der Waals surface area contributed by atoms with Crippen molar-refractivity contribution in [3.8, 4) is 5.75 Å². The highest BCUT2D eigenvalue weighted by molar-refractivity contribution is 7.12. The Bertz CT molecular complexity index is 884. The van der Waals surface area contributed by atoms with E-state index in [4.69, 9.17) is 4.74 Å². The number of hydrogen-bond donors (Lipinski definition) is 1. The third-order valence-electron chi connectivity index (χ3n) is 3.88. The SMILES string of the molecule is Cc1ccc(C(=O)C(C)Oc2ccc(NC(=O)c3cccs3)cc2)cc1. The predicted molar refractivity (Wildman–Crippen MR) is 104 cm³/mol. The highest BCUT2D eigenvalue weighted by atomic mass is 32.1. The van der Waals surface area contributed by atoms with Crippen molar-refractivity contribution >= 4 is 28.7 Å². The van der Waals surface area contributed by atoms with Gasteiger partial charge in [-0.25, -0.2) is 0 Å². The van der Waals surface area contributed by atoms with Gasteiger partial charge in [-0.2, -0.15) is 0 Å². The minimum Gasteiger partial charge on any atom is -0.483 e. The molecule has 1 N–H and O–H groups in total. The molecule has 26 heavy (non-hydrogen) atoms. The summed E-state index contributed by atoms with van der Waals surface area (Å²) in [7, 11) is 0. The lowest BCUT2D eigenvalue weighted by Gasteiger charge is -2.14. The van der Waals surface area contributed by atoms with Crippen molar-refractivity contribution in [3.05, 3.63) is 82.0 Å². The third-order valence-corrected chi connectivity index (χ3v) is 4.74. The number of aryl methyl sites for hydroxylation is 1. The van der Waals surface area contributed by atoms with Gasteiger partial charge in [-0.3, -0.25) is 9.59 Å². The molecule has 0 bridgehead atoms. The summed E-state index contributed by atoms with van der Waals surface area (Å²) < 4.78 is 5.73. The Labute approximate surface area is 156 Å². The second kappa shape index (κ2) is 7.97. The standard InChI is InChI=1S/C21H19NO3S/c1-14-5-7-16(8-6-14)20(23)15(2)25-18-11-9-17(10-12-18)22-21(24)19-4-3-13-26-19/h3-13,15H,1-2H3,(H,22,24). The van der Waals surface area contributed by atoms with Crippen LogP contribution in [-0.2, 0) is 0 Å². The molecule has 1 aromatic heterocycles. The second-order valence-corrected chi connectivity index (χ2v) is 6.89. The number of amides is 1. The number of ether oxygens (including phenoxy) is 1. The molecule has 0 spiro atoms. The predicted octanol–water partition coefficient (Wildman–Crippen LogP) is 4.96. The van der Waals surface area contributed by atoms with Crippen LogP contribution in [-0.4, -0.2) is 17.8 Å². The van der Waals surface area contributed by atoms with E-state index in [1.807, 2.05) is 30.5 Å². The highest BCUT2D eigenvalue weighted by Crippen LogP contribution is 2.20. The maximum atomic E-state index is 12.4. The monoisotopic (exact) mass is 365 g/mol. The number of rotatable bonds is 6. The molecule has 0 aliphatic carbocycles. The van der Waals surface area contributed by atoms with Crippen LogP contribution in [0.25, 0.3) is 0 Å². The molecule has 3 rings (SSSR count). The molecule has 1 atom stereocenters. The van der Waals surface area contributed by atoms with E-state index in [9.17, 15) is 9.59 Å². The molecular formula is C21H19NO3S. The molecule has 0 radical (unpaired) electrons. The third kappa shape index (κ3) is 4.37. The molecule has 0 fully saturated rings. The smallest absolute Gasteiger partial charge is 0.265 e. The number of nitrogens with one attached hydrogen (secondary N) is 1. The average molecular weight is 365 g/mol. The average Bonchev–Trinajstić information content (AvgIpc) is 3.18. The Kier molecular flexibility index (Phi) is 5.49. The van der Waals surface area contributed by atoms with Crippen molar-refractivity contribution in [2.24, 2.45) is 0 Å². The topological polar surface area (TPSA) is 55.4 Å². The molecule has 0 saturated heterocycles. The molecule has 3 aromatic rings. The summed E-state index contributed by atoms with van der Waals surface area (Å²) in [6.07, 6.45) is -0.593. The van der Waals surface area contributed by atoms with E-state index in [0.717, 1.165) is 5.56 Å². The number of benzene rings is 2. The fourth-order valence-electron chi connectivity index (χ4n) is 2.43. The first kappa shape index (κ1) is 17.9. The molecular weight excluding hydrogens is 346 g/mol. The van der Waals surface area contributed by atoms with Crippen LogP contribution >= 0.6 is 11.3 Å². The van der Waals surface area contributed by atoms with Gasteiger partial charge in [0.2, 0.25) is 5.78 Å². The van der Waals surface area contributed by atoms with Crippen molar-refractivity contribution < 1.29 is 14.3 Å². The maximum Gasteiger partial charge on any atom is 0.265 e. The Morgan fingerprint density at radius 3 is 2.31 bits per heavy atom. The van der Waals surface area contributed by atoms with E-state index < -0.39 is 6.10 Å². The van der Waals surface area contributed by atoms with E-state index >= 15 is 0 Å². The minimum absolute atomic E-state index is 0.0694. The molecule has 1 amide bonds. The lowest BCUT2D eigenvalue weighted by atomic mass is 10.1. The van der Waals surface area contributed by atoms with Crippen LogP contribution in [0.3, 0.4) is 0 Å². The zero-order chi connectivity index (χ0) is 18.5. The fraction of sp³-hybridized carbons (Fsp3) is 0.143. The Hall–Kier alpha value is -2.92. The Balaban J connectivity index is 1.60. The first-order valence-electron chi connectivity index (χ1n) is 8.25. The van der Waals surface area contributed by atoms with E-state index in [0.29, 0.717) is 21.9 Å². The highest BCUT2D eigenvalue weighted by Gasteiger charge is 2.17. The van der Waals surface area contributed by atoms with Crippen LogP contribution in [0, 0.1) is 6.92 Å². The quantitative estimate of drug-likeness (QED) is 0.628. The van der Waals surface area contributed by atoms with Gasteiger partial charge in [-0.15, -0.1) is 11.3 Å². The van der Waals surface area contributed by atoms with Gasteiger partial charge >= 0.3 is 0 Å². The van der Waals surface area contributed by atoms with E-state index in [1.165, 1.54) is 11.3 Å². The molecule has 132 valence electrons. The number of ketones is 1. The van der Waals surface area contributed by atoms with Crippen LogP contribution in [0.1, 0.15) is 32.5 Å². The van der Waals surface area contributed by atoms with Gasteiger partial charge in [0.05, 0.1) is 4.88 Å². The van der Waals surface area contributed by atoms with Gasteiger partial charge in [0, 0.05) is 11.3 Å². The van der Waals surface area contributed by atoms with E-state index in [-0.39, 0.29) is 11.7 Å². The number of anilines is 1. The molecule has 4 nitrogen and oxygen atoms in total. The Morgan fingerprint density at radius 2 is 1.69 bits per heavy atom. The van der Waals surface area contributed by atoms with Gasteiger partial charge in [-0.1, -0.05) is 35.9 Å². The van der Waals surface area contributed by atoms with Crippen LogP contribution in [0.2, 0.25) is 0 Å². The lowest BCUT2D eigenvalue weighted by Crippen LogP contribution is -2.23. The van der Waals surface area contributed by atoms with E-state index in [2.05, 4.69) is 5.32 Å². The summed E-state index contributed by atoms with van der Waals surface area (Å²) >= 11 is 1.39. The minimum atomic E-state index is -0.593. The van der Waals surface area contributed by atoms with Crippen LogP contribution in [0.15, 0.2) is 66.0 Å². The summed E-state index contributed by atoms with van der Waals surface area (Å²) in [5.74, 6) is 0.365. The summed E-state index contributed by atoms with van der Waals surface area (Å²) in [4.78, 5) is 25.1. The number of carbonyl (C=O) groups is 2. The van der Waals surface area contributed by atoms with Gasteiger partial charge < -0.3 is 10.1 Å². The maximum absolute atomic E-state index is 12.4. The zero-order valence-corrected chi connectivity index (χ0v) is 15.4. The van der Waals surface area contributed by atoms with Crippen LogP contribution < -0.4 is 10.1 Å². The summed E-state index contributed by atoms with van der Waals surface area (Å²) in [6, 6.07) is 18.0. The number of thiophene rings is 1. The Morgan fingerprint density at radius 1 is 1.00 bits per heavy atom.